The topological polar surface area (TPSA) is 99.4 Å². The largest absolute Gasteiger partial charge is 0.437 e. The SMILES string of the molecule is C=C[Si](C)(C=C)CCCCl.C[Si](C)(O)[Si](C)(O)[Si](C)(C)O.C[Si]1(CCCCl)O[Si](C)(C)[Si](C)([Si](C)(C)O)O1. The van der Waals surface area contributed by atoms with Gasteiger partial charge >= 0.3 is 8.56 Å². The summed E-state index contributed by atoms with van der Waals surface area (Å²) in [5.41, 5.74) is 4.12. The molecule has 4 N–H and O–H groups in total. The zero-order chi connectivity index (χ0) is 31.1. The fourth-order valence-corrected chi connectivity index (χ4v) is 71.0. The lowest BCUT2D eigenvalue weighted by atomic mass is 10.6. The maximum Gasteiger partial charge on any atom is 0.314 e. The first-order valence-electron chi connectivity index (χ1n) is 13.3. The highest BCUT2D eigenvalue weighted by Crippen LogP contribution is 2.42. The Bertz CT molecular complexity index is 732. The van der Waals surface area contributed by atoms with Gasteiger partial charge in [-0.05, 0) is 96.9 Å². The van der Waals surface area contributed by atoms with Crippen LogP contribution < -0.4 is 0 Å². The molecular weight excluding hydrogens is 656 g/mol. The summed E-state index contributed by atoms with van der Waals surface area (Å²) < 4.78 is 12.9. The van der Waals surface area contributed by atoms with Crippen LogP contribution in [0.15, 0.2) is 24.6 Å². The van der Waals surface area contributed by atoms with Crippen LogP contribution in [0.1, 0.15) is 12.8 Å². The van der Waals surface area contributed by atoms with E-state index >= 15 is 0 Å². The molecule has 1 heterocycles. The Kier molecular flexibility index (Phi) is 16.8. The molecule has 1 aliphatic rings. The zero-order valence-electron chi connectivity index (χ0n) is 26.2. The van der Waals surface area contributed by atoms with Crippen molar-refractivity contribution < 1.29 is 27.4 Å². The minimum absolute atomic E-state index is 0.662. The summed E-state index contributed by atoms with van der Waals surface area (Å²) in [6.45, 7) is 31.1. The summed E-state index contributed by atoms with van der Waals surface area (Å²) in [5.74, 6) is 1.42. The molecule has 0 spiro atoms. The van der Waals surface area contributed by atoms with Crippen LogP contribution in [-0.4, -0.2) is 93.6 Å². The monoisotopic (exact) mass is 712 g/mol. The van der Waals surface area contributed by atoms with E-state index in [1.807, 2.05) is 13.1 Å². The van der Waals surface area contributed by atoms with Gasteiger partial charge in [-0.25, -0.2) is 0 Å². The summed E-state index contributed by atoms with van der Waals surface area (Å²) in [7, 11) is -17.3. The molecule has 0 aliphatic carbocycles. The lowest BCUT2D eigenvalue weighted by Crippen LogP contribution is -2.72. The van der Waals surface area contributed by atoms with Crippen molar-refractivity contribution in [2.24, 2.45) is 0 Å². The maximum absolute atomic E-state index is 10.6. The fourth-order valence-electron chi connectivity index (χ4n) is 4.05. The molecule has 0 bridgehead atoms. The van der Waals surface area contributed by atoms with Crippen LogP contribution in [0.2, 0.25) is 90.7 Å². The van der Waals surface area contributed by atoms with Crippen molar-refractivity contribution in [3.8, 4) is 0 Å². The van der Waals surface area contributed by atoms with Crippen molar-refractivity contribution in [3.05, 3.63) is 24.6 Å². The minimum atomic E-state index is -2.72. The highest BCUT2D eigenvalue weighted by Gasteiger charge is 2.68. The molecule has 0 amide bonds. The Hall–Kier alpha value is 1.56. The second-order valence-electron chi connectivity index (χ2n) is 13.1. The molecule has 0 aromatic carbocycles. The standard InChI is InChI=1S/C9H25ClO3Si4.C8H15ClSi.C5H18O3Si3/c1-14(2,11)17(6)13-16(5,9-7-8-10)12-15(17,3)4;1-4-10(3,5-2)8-6-7-9;1-9(2,6)11(5,8)10(3,4)7/h11H,7-9H2,1-6H3;4-5H,1-2,6-8H2,3H3;6-8H,1-5H3. The van der Waals surface area contributed by atoms with E-state index in [0.29, 0.717) is 5.88 Å². The Morgan fingerprint density at radius 1 is 0.711 bits per heavy atom. The molecule has 228 valence electrons. The first kappa shape index (κ1) is 41.7. The van der Waals surface area contributed by atoms with Gasteiger partial charge in [-0.2, -0.15) is 0 Å². The van der Waals surface area contributed by atoms with E-state index in [4.69, 9.17) is 31.4 Å². The highest BCUT2D eigenvalue weighted by atomic mass is 35.5. The van der Waals surface area contributed by atoms with Gasteiger partial charge in [0.2, 0.25) is 14.7 Å². The molecular formula is C22H58Cl2O6Si8. The van der Waals surface area contributed by atoms with Crippen molar-refractivity contribution in [3.63, 3.8) is 0 Å². The molecule has 0 aromatic heterocycles. The Labute approximate surface area is 251 Å². The van der Waals surface area contributed by atoms with Crippen molar-refractivity contribution in [1.82, 2.24) is 0 Å². The number of hydrogen-bond acceptors (Lipinski definition) is 6. The van der Waals surface area contributed by atoms with Gasteiger partial charge in [-0.15, -0.1) is 36.4 Å². The first-order valence-corrected chi connectivity index (χ1v) is 40.4. The lowest BCUT2D eigenvalue weighted by Gasteiger charge is -2.39. The average Bonchev–Trinajstić information content (AvgIpc) is 2.94. The predicted octanol–water partition coefficient (Wildman–Crippen LogP) is 6.12. The quantitative estimate of drug-likeness (QED) is 0.152. The second kappa shape index (κ2) is 15.3. The van der Waals surface area contributed by atoms with Crippen LogP contribution in [0.4, 0.5) is 0 Å². The van der Waals surface area contributed by atoms with Gasteiger partial charge < -0.3 is 27.4 Å². The summed E-state index contributed by atoms with van der Waals surface area (Å²) in [6, 6.07) is 2.14. The van der Waals surface area contributed by atoms with E-state index in [-0.39, 0.29) is 0 Å². The van der Waals surface area contributed by atoms with Crippen molar-refractivity contribution in [1.29, 1.82) is 0 Å². The van der Waals surface area contributed by atoms with Gasteiger partial charge in [0.1, 0.15) is 0 Å². The Morgan fingerprint density at radius 3 is 1.34 bits per heavy atom. The fraction of sp³-hybridized carbons (Fsp3) is 0.818. The number of rotatable bonds is 11. The summed E-state index contributed by atoms with van der Waals surface area (Å²) in [5, 5.41) is 0. The van der Waals surface area contributed by atoms with Crippen LogP contribution in [-0.2, 0) is 8.23 Å². The van der Waals surface area contributed by atoms with Crippen LogP contribution in [0.5, 0.6) is 0 Å². The van der Waals surface area contributed by atoms with Gasteiger partial charge in [0.05, 0.1) is 8.07 Å². The van der Waals surface area contributed by atoms with Gasteiger partial charge in [-0.3, -0.25) is 0 Å². The summed E-state index contributed by atoms with van der Waals surface area (Å²) in [4.78, 5) is 40.0. The van der Waals surface area contributed by atoms with E-state index in [1.54, 1.807) is 32.7 Å². The third-order valence-electron chi connectivity index (χ3n) is 8.14. The normalized spacial score (nSPS) is 24.1. The third kappa shape index (κ3) is 11.7. The molecule has 2 atom stereocenters. The molecule has 1 aliphatic heterocycles. The second-order valence-corrected chi connectivity index (χ2v) is 68.4. The molecule has 2 unspecified atom stereocenters. The summed E-state index contributed by atoms with van der Waals surface area (Å²) in [6.07, 6.45) is 2.04. The van der Waals surface area contributed by atoms with E-state index in [0.717, 1.165) is 24.8 Å². The lowest BCUT2D eigenvalue weighted by molar-refractivity contribution is 0.432. The molecule has 16 heteroatoms. The van der Waals surface area contributed by atoms with Crippen molar-refractivity contribution in [2.45, 2.75) is 103 Å². The van der Waals surface area contributed by atoms with E-state index < -0.39 is 62.7 Å². The summed E-state index contributed by atoms with van der Waals surface area (Å²) >= 11 is 11.3. The average molecular weight is 714 g/mol. The minimum Gasteiger partial charge on any atom is -0.437 e. The molecule has 38 heavy (non-hydrogen) atoms. The van der Waals surface area contributed by atoms with Crippen LogP contribution >= 0.6 is 23.2 Å². The zero-order valence-corrected chi connectivity index (χ0v) is 35.7. The number of halogens is 2. The Balaban J connectivity index is 0. The highest BCUT2D eigenvalue weighted by molar-refractivity contribution is 7.66. The molecule has 1 rings (SSSR count). The van der Waals surface area contributed by atoms with Crippen LogP contribution in [0, 0.1) is 0 Å². The molecule has 0 saturated carbocycles. The number of alkyl halides is 2. The van der Waals surface area contributed by atoms with Crippen LogP contribution in [0.3, 0.4) is 0 Å². The molecule has 1 fully saturated rings. The third-order valence-corrected chi connectivity index (χ3v) is 82.6. The predicted molar refractivity (Wildman–Crippen MR) is 188 cm³/mol. The van der Waals surface area contributed by atoms with E-state index in [2.05, 4.69) is 57.3 Å². The first-order chi connectivity index (χ1) is 16.7. The van der Waals surface area contributed by atoms with Gasteiger partial charge in [0.15, 0.2) is 31.3 Å². The van der Waals surface area contributed by atoms with E-state index in [1.165, 1.54) is 6.04 Å². The van der Waals surface area contributed by atoms with Crippen molar-refractivity contribution in [2.75, 3.05) is 11.8 Å². The number of hydrogen-bond donors (Lipinski definition) is 4. The smallest absolute Gasteiger partial charge is 0.314 e. The van der Waals surface area contributed by atoms with E-state index in [9.17, 15) is 19.2 Å². The molecule has 0 radical (unpaired) electrons. The van der Waals surface area contributed by atoms with Gasteiger partial charge in [0.25, 0.3) is 0 Å². The molecule has 1 saturated heterocycles. The maximum atomic E-state index is 10.6. The van der Waals surface area contributed by atoms with Crippen molar-refractivity contribution >= 4 is 85.9 Å². The molecule has 6 nitrogen and oxygen atoms in total. The molecule has 0 aromatic rings. The van der Waals surface area contributed by atoms with Gasteiger partial charge in [-0.1, -0.05) is 17.9 Å². The van der Waals surface area contributed by atoms with Crippen LogP contribution in [0.25, 0.3) is 0 Å². The Morgan fingerprint density at radius 2 is 1.11 bits per heavy atom. The van der Waals surface area contributed by atoms with Gasteiger partial charge in [0, 0.05) is 11.8 Å².